The molecule has 4 aromatic rings. The van der Waals surface area contributed by atoms with Crippen molar-refractivity contribution in [2.45, 2.75) is 26.8 Å². The molecule has 0 radical (unpaired) electrons. The van der Waals surface area contributed by atoms with E-state index in [0.717, 1.165) is 20.5 Å². The van der Waals surface area contributed by atoms with Gasteiger partial charge in [-0.3, -0.25) is 14.4 Å². The van der Waals surface area contributed by atoms with Crippen LogP contribution in [0.1, 0.15) is 12.5 Å². The monoisotopic (exact) mass is 586 g/mol. The van der Waals surface area contributed by atoms with Crippen molar-refractivity contribution in [2.24, 2.45) is 0 Å². The maximum absolute atomic E-state index is 13.6. The van der Waals surface area contributed by atoms with E-state index in [1.807, 2.05) is 43.5 Å². The summed E-state index contributed by atoms with van der Waals surface area (Å²) in [5, 5.41) is 11.2. The number of carbonyl (C=O) groups excluding carboxylic acids is 1. The first-order valence-electron chi connectivity index (χ1n) is 11.6. The normalized spacial score (nSPS) is 11.2. The first kappa shape index (κ1) is 28.0. The van der Waals surface area contributed by atoms with E-state index in [0.29, 0.717) is 27.5 Å². The molecule has 8 nitrogen and oxygen atoms in total. The van der Waals surface area contributed by atoms with Crippen LogP contribution >= 0.6 is 34.9 Å². The van der Waals surface area contributed by atoms with Crippen LogP contribution in [0.15, 0.2) is 93.0 Å². The van der Waals surface area contributed by atoms with Crippen molar-refractivity contribution in [1.82, 2.24) is 10.2 Å². The third kappa shape index (κ3) is 7.28. The molecule has 0 unspecified atom stereocenters. The highest BCUT2D eigenvalue weighted by atomic mass is 32.2. The summed E-state index contributed by atoms with van der Waals surface area (Å²) in [6.07, 6.45) is 1.92. The van der Waals surface area contributed by atoms with Gasteiger partial charge in [-0.2, -0.15) is 0 Å². The second-order valence-corrected chi connectivity index (χ2v) is 12.8. The number of nitrogens with one attached hydrogen (secondary N) is 1. The quantitative estimate of drug-likeness (QED) is 0.165. The molecule has 0 bridgehead atoms. The molecule has 0 atom stereocenters. The third-order valence-corrected chi connectivity index (χ3v) is 9.80. The van der Waals surface area contributed by atoms with Crippen LogP contribution in [0.5, 0.6) is 5.75 Å². The lowest BCUT2D eigenvalue weighted by atomic mass is 10.2. The Kier molecular flexibility index (Phi) is 9.67. The van der Waals surface area contributed by atoms with E-state index >= 15 is 0 Å². The fourth-order valence-corrected chi connectivity index (χ4v) is 6.95. The van der Waals surface area contributed by atoms with Crippen LogP contribution in [-0.4, -0.2) is 43.9 Å². The van der Waals surface area contributed by atoms with Crippen molar-refractivity contribution < 1.29 is 17.9 Å². The second kappa shape index (κ2) is 13.1. The summed E-state index contributed by atoms with van der Waals surface area (Å²) in [5.41, 5.74) is 1.49. The zero-order chi connectivity index (χ0) is 27.0. The van der Waals surface area contributed by atoms with Gasteiger partial charge in [-0.25, -0.2) is 8.42 Å². The van der Waals surface area contributed by atoms with Crippen molar-refractivity contribution in [2.75, 3.05) is 29.0 Å². The largest absolute Gasteiger partial charge is 0.494 e. The van der Waals surface area contributed by atoms with Crippen LogP contribution in [0.3, 0.4) is 0 Å². The lowest BCUT2D eigenvalue weighted by molar-refractivity contribution is -0.114. The molecule has 1 N–H and O–H groups in total. The second-order valence-electron chi connectivity index (χ2n) is 7.81. The highest BCUT2D eigenvalue weighted by Gasteiger charge is 2.28. The number of nitrogens with zero attached hydrogens (tertiary/aromatic N) is 3. The maximum atomic E-state index is 13.6. The molecular formula is C26H26N4O4S4. The smallest absolute Gasteiger partial charge is 0.264 e. The lowest BCUT2D eigenvalue weighted by Crippen LogP contribution is -2.38. The molecule has 38 heavy (non-hydrogen) atoms. The van der Waals surface area contributed by atoms with Crippen LogP contribution in [0.25, 0.3) is 0 Å². The van der Waals surface area contributed by atoms with Gasteiger partial charge in [0.05, 0.1) is 17.2 Å². The van der Waals surface area contributed by atoms with Crippen molar-refractivity contribution in [3.63, 3.8) is 0 Å². The van der Waals surface area contributed by atoms with Crippen LogP contribution in [0, 0.1) is 0 Å². The first-order valence-corrected chi connectivity index (χ1v) is 16.1. The van der Waals surface area contributed by atoms with Crippen LogP contribution in [0.4, 0.5) is 10.8 Å². The number of hydrogen-bond donors (Lipinski definition) is 1. The Balaban J connectivity index is 1.51. The maximum Gasteiger partial charge on any atom is 0.264 e. The Morgan fingerprint density at radius 3 is 2.37 bits per heavy atom. The van der Waals surface area contributed by atoms with Gasteiger partial charge in [0.25, 0.3) is 10.0 Å². The van der Waals surface area contributed by atoms with Gasteiger partial charge in [0, 0.05) is 10.6 Å². The molecule has 1 heterocycles. The molecule has 0 spiro atoms. The van der Waals surface area contributed by atoms with Crippen molar-refractivity contribution in [1.29, 1.82) is 0 Å². The van der Waals surface area contributed by atoms with Crippen LogP contribution in [0.2, 0.25) is 0 Å². The van der Waals surface area contributed by atoms with Crippen molar-refractivity contribution in [3.05, 3.63) is 84.4 Å². The predicted octanol–water partition coefficient (Wildman–Crippen LogP) is 5.79. The van der Waals surface area contributed by atoms with E-state index in [9.17, 15) is 13.2 Å². The number of aromatic nitrogens is 2. The molecule has 1 aromatic heterocycles. The topological polar surface area (TPSA) is 101 Å². The molecule has 0 aliphatic rings. The zero-order valence-corrected chi connectivity index (χ0v) is 24.0. The number of sulfonamides is 1. The third-order valence-electron chi connectivity index (χ3n) is 5.23. The molecule has 0 aliphatic carbocycles. The number of ether oxygens (including phenoxy) is 1. The zero-order valence-electron chi connectivity index (χ0n) is 20.7. The van der Waals surface area contributed by atoms with Crippen LogP contribution in [-0.2, 0) is 20.6 Å². The number of benzene rings is 3. The summed E-state index contributed by atoms with van der Waals surface area (Å²) < 4.78 is 34.5. The van der Waals surface area contributed by atoms with Gasteiger partial charge >= 0.3 is 0 Å². The molecule has 12 heteroatoms. The minimum absolute atomic E-state index is 0.0903. The number of hydrogen-bond acceptors (Lipinski definition) is 9. The summed E-state index contributed by atoms with van der Waals surface area (Å²) in [6.45, 7) is 1.91. The predicted molar refractivity (Wildman–Crippen MR) is 155 cm³/mol. The summed E-state index contributed by atoms with van der Waals surface area (Å²) in [7, 11) is -4.04. The van der Waals surface area contributed by atoms with Gasteiger partial charge in [0.1, 0.15) is 12.3 Å². The summed E-state index contributed by atoms with van der Waals surface area (Å²) in [5.74, 6) is 0.804. The minimum atomic E-state index is -4.04. The molecule has 0 saturated heterocycles. The Bertz CT molecular complexity index is 1440. The van der Waals surface area contributed by atoms with E-state index < -0.39 is 22.5 Å². The fourth-order valence-electron chi connectivity index (χ4n) is 3.39. The van der Waals surface area contributed by atoms with E-state index in [-0.39, 0.29) is 4.90 Å². The van der Waals surface area contributed by atoms with Gasteiger partial charge in [-0.1, -0.05) is 53.4 Å². The van der Waals surface area contributed by atoms with Gasteiger partial charge in [0.2, 0.25) is 11.0 Å². The molecule has 3 aromatic carbocycles. The Labute approximate surface area is 234 Å². The van der Waals surface area contributed by atoms with Gasteiger partial charge in [-0.15, -0.1) is 22.0 Å². The number of anilines is 2. The minimum Gasteiger partial charge on any atom is -0.494 e. The Morgan fingerprint density at radius 1 is 1.00 bits per heavy atom. The fraction of sp³-hybridized carbons (Fsp3) is 0.192. The van der Waals surface area contributed by atoms with Gasteiger partial charge in [-0.05, 0) is 67.3 Å². The molecule has 4 rings (SSSR count). The average Bonchev–Trinajstić information content (AvgIpc) is 3.39. The standard InChI is InChI=1S/C26H26N4O4S4/c1-3-34-21-11-9-20(10-12-21)30(38(32,33)23-15-13-22(35-2)14-16-23)17-24(31)27-25-28-29-26(37-25)36-18-19-7-5-4-6-8-19/h4-16H,3,17-18H2,1-2H3,(H,27,28,31). The lowest BCUT2D eigenvalue weighted by Gasteiger charge is -2.24. The van der Waals surface area contributed by atoms with Gasteiger partial charge in [0.15, 0.2) is 4.34 Å². The number of thioether (sulfide) groups is 2. The van der Waals surface area contributed by atoms with E-state index in [4.69, 9.17) is 4.74 Å². The van der Waals surface area contributed by atoms with Crippen LogP contribution < -0.4 is 14.4 Å². The first-order chi connectivity index (χ1) is 18.4. The van der Waals surface area contributed by atoms with E-state index in [1.165, 1.54) is 34.9 Å². The number of carbonyl (C=O) groups is 1. The molecule has 0 saturated carbocycles. The summed E-state index contributed by atoms with van der Waals surface area (Å²) >= 11 is 4.27. The highest BCUT2D eigenvalue weighted by Crippen LogP contribution is 2.30. The molecule has 198 valence electrons. The highest BCUT2D eigenvalue weighted by molar-refractivity contribution is 8.00. The van der Waals surface area contributed by atoms with E-state index in [2.05, 4.69) is 15.5 Å². The summed E-state index contributed by atoms with van der Waals surface area (Å²) in [4.78, 5) is 14.0. The SMILES string of the molecule is CCOc1ccc(N(CC(=O)Nc2nnc(SCc3ccccc3)s2)S(=O)(=O)c2ccc(SC)cc2)cc1. The van der Waals surface area contributed by atoms with Crippen molar-refractivity contribution >= 4 is 61.6 Å². The number of rotatable bonds is 12. The number of amides is 1. The summed E-state index contributed by atoms with van der Waals surface area (Å²) in [6, 6.07) is 23.1. The van der Waals surface area contributed by atoms with Crippen molar-refractivity contribution in [3.8, 4) is 5.75 Å². The molecular weight excluding hydrogens is 561 g/mol. The van der Waals surface area contributed by atoms with Gasteiger partial charge < -0.3 is 4.74 Å². The van der Waals surface area contributed by atoms with E-state index in [1.54, 1.807) is 48.5 Å². The Morgan fingerprint density at radius 2 is 1.71 bits per heavy atom. The molecule has 1 amide bonds. The molecule has 0 aliphatic heterocycles. The molecule has 0 fully saturated rings. The average molecular weight is 587 g/mol. The Hall–Kier alpha value is -3.06.